The average Bonchev–Trinajstić information content (AvgIpc) is 2.53. The smallest absolute Gasteiger partial charge is 0.118 e. The van der Waals surface area contributed by atoms with Gasteiger partial charge in [0, 0.05) is 23.0 Å². The van der Waals surface area contributed by atoms with Gasteiger partial charge in [-0.05, 0) is 51.1 Å². The highest BCUT2D eigenvalue weighted by Gasteiger charge is 2.08. The van der Waals surface area contributed by atoms with Gasteiger partial charge in [0.25, 0.3) is 0 Å². The van der Waals surface area contributed by atoms with Crippen LogP contribution in [0.25, 0.3) is 11.3 Å². The van der Waals surface area contributed by atoms with Gasteiger partial charge in [-0.15, -0.1) is 0 Å². The van der Waals surface area contributed by atoms with E-state index in [1.165, 1.54) is 0 Å². The largest absolute Gasteiger partial charge is 0.497 e. The zero-order valence-corrected chi connectivity index (χ0v) is 12.8. The van der Waals surface area contributed by atoms with Gasteiger partial charge in [-0.3, -0.25) is 4.99 Å². The number of aliphatic imine (C=N–C) groups is 1. The van der Waals surface area contributed by atoms with Crippen LogP contribution < -0.4 is 4.74 Å². The highest BCUT2D eigenvalue weighted by Crippen LogP contribution is 2.27. The van der Waals surface area contributed by atoms with E-state index in [9.17, 15) is 0 Å². The van der Waals surface area contributed by atoms with Crippen LogP contribution in [0.1, 0.15) is 32.0 Å². The molecule has 0 spiro atoms. The van der Waals surface area contributed by atoms with Crippen LogP contribution in [0, 0.1) is 0 Å². The molecule has 4 heteroatoms. The molecule has 2 aromatic rings. The molecule has 0 N–H and O–H groups in total. The molecule has 0 fully saturated rings. The van der Waals surface area contributed by atoms with E-state index in [1.807, 2.05) is 51.1 Å². The van der Waals surface area contributed by atoms with Crippen LogP contribution in [0.4, 0.5) is 0 Å². The quantitative estimate of drug-likeness (QED) is 0.800. The van der Waals surface area contributed by atoms with Gasteiger partial charge in [0.2, 0.25) is 0 Å². The number of aromatic nitrogens is 2. The van der Waals surface area contributed by atoms with Gasteiger partial charge in [0.05, 0.1) is 18.5 Å². The number of hydrogen-bond acceptors (Lipinski definition) is 4. The molecule has 1 heterocycles. The fraction of sp³-hybridized carbons (Fsp3) is 0.235. The predicted molar refractivity (Wildman–Crippen MR) is 86.3 cm³/mol. The summed E-state index contributed by atoms with van der Waals surface area (Å²) in [5.74, 6) is 0.829. The summed E-state index contributed by atoms with van der Waals surface area (Å²) in [6.07, 6.45) is 3.28. The maximum absolute atomic E-state index is 5.20. The number of hydrogen-bond donors (Lipinski definition) is 0. The van der Waals surface area contributed by atoms with E-state index in [0.717, 1.165) is 34.0 Å². The highest BCUT2D eigenvalue weighted by molar-refractivity contribution is 5.94. The molecule has 0 unspecified atom stereocenters. The lowest BCUT2D eigenvalue weighted by Crippen LogP contribution is -1.94. The van der Waals surface area contributed by atoms with Crippen LogP contribution in [0.2, 0.25) is 0 Å². The Balaban J connectivity index is 2.55. The molecule has 0 radical (unpaired) electrons. The predicted octanol–water partition coefficient (Wildman–Crippen LogP) is 3.85. The van der Waals surface area contributed by atoms with E-state index < -0.39 is 0 Å². The van der Waals surface area contributed by atoms with E-state index >= 15 is 0 Å². The third kappa shape index (κ3) is 3.75. The monoisotopic (exact) mass is 281 g/mol. The summed E-state index contributed by atoms with van der Waals surface area (Å²) < 4.78 is 5.20. The lowest BCUT2D eigenvalue weighted by atomic mass is 10.0. The maximum Gasteiger partial charge on any atom is 0.118 e. The molecule has 1 aromatic heterocycles. The number of ether oxygens (including phenoxy) is 1. The SMILES string of the molecule is COc1ccc(/C(N=C(C)C)=C(/C)c2ccncn2)cc1. The molecule has 0 bridgehead atoms. The Morgan fingerprint density at radius 2 is 1.76 bits per heavy atom. The molecule has 2 rings (SSSR count). The van der Waals surface area contributed by atoms with E-state index in [2.05, 4.69) is 15.0 Å². The number of rotatable bonds is 4. The fourth-order valence-electron chi connectivity index (χ4n) is 1.97. The van der Waals surface area contributed by atoms with Gasteiger partial charge >= 0.3 is 0 Å². The van der Waals surface area contributed by atoms with Crippen LogP contribution in [-0.4, -0.2) is 22.8 Å². The third-order valence-electron chi connectivity index (χ3n) is 3.02. The van der Waals surface area contributed by atoms with E-state index in [1.54, 1.807) is 19.6 Å². The van der Waals surface area contributed by atoms with Gasteiger partial charge in [-0.2, -0.15) is 0 Å². The zero-order valence-electron chi connectivity index (χ0n) is 12.8. The molecular weight excluding hydrogens is 262 g/mol. The van der Waals surface area contributed by atoms with Crippen LogP contribution >= 0.6 is 0 Å². The molecule has 0 aliphatic rings. The van der Waals surface area contributed by atoms with Crippen molar-refractivity contribution in [3.63, 3.8) is 0 Å². The Hall–Kier alpha value is -2.49. The Kier molecular flexibility index (Phi) is 4.82. The molecule has 0 saturated carbocycles. The first kappa shape index (κ1) is 14.9. The van der Waals surface area contributed by atoms with Gasteiger partial charge in [-0.1, -0.05) is 0 Å². The molecule has 0 aliphatic carbocycles. The summed E-state index contributed by atoms with van der Waals surface area (Å²) in [6.45, 7) is 5.99. The number of benzene rings is 1. The first-order valence-electron chi connectivity index (χ1n) is 6.75. The summed E-state index contributed by atoms with van der Waals surface area (Å²) in [5, 5.41) is 0. The van der Waals surface area contributed by atoms with E-state index in [0.29, 0.717) is 0 Å². The fourth-order valence-corrected chi connectivity index (χ4v) is 1.97. The van der Waals surface area contributed by atoms with Crippen molar-refractivity contribution in [3.05, 3.63) is 54.1 Å². The number of methoxy groups -OCH3 is 1. The minimum Gasteiger partial charge on any atom is -0.497 e. The first-order chi connectivity index (χ1) is 10.1. The molecule has 0 saturated heterocycles. The molecule has 0 atom stereocenters. The van der Waals surface area contributed by atoms with Crippen molar-refractivity contribution in [1.29, 1.82) is 0 Å². The Bertz CT molecular complexity index is 654. The summed E-state index contributed by atoms with van der Waals surface area (Å²) in [4.78, 5) is 12.9. The Morgan fingerprint density at radius 1 is 1.05 bits per heavy atom. The van der Waals surface area contributed by atoms with Crippen LogP contribution in [0.15, 0.2) is 47.8 Å². The standard InChI is InChI=1S/C17H19N3O/c1-12(2)20-17(13(3)16-9-10-18-11-19-16)14-5-7-15(21-4)8-6-14/h5-11H,1-4H3/b17-13+. The van der Waals surface area contributed by atoms with Gasteiger partial charge in [0.1, 0.15) is 12.1 Å². The van der Waals surface area contributed by atoms with Crippen LogP contribution in [0.5, 0.6) is 5.75 Å². The summed E-state index contributed by atoms with van der Waals surface area (Å²) >= 11 is 0. The normalized spacial score (nSPS) is 11.6. The minimum absolute atomic E-state index is 0.829. The second kappa shape index (κ2) is 6.79. The Morgan fingerprint density at radius 3 is 2.29 bits per heavy atom. The zero-order chi connectivity index (χ0) is 15.2. The van der Waals surface area contributed by atoms with Gasteiger partial charge < -0.3 is 4.74 Å². The maximum atomic E-state index is 5.20. The summed E-state index contributed by atoms with van der Waals surface area (Å²) in [6, 6.07) is 9.77. The van der Waals surface area contributed by atoms with Crippen LogP contribution in [0.3, 0.4) is 0 Å². The second-order valence-corrected chi connectivity index (χ2v) is 4.86. The highest BCUT2D eigenvalue weighted by atomic mass is 16.5. The molecule has 108 valence electrons. The Labute approximate surface area is 125 Å². The van der Waals surface area contributed by atoms with Gasteiger partial charge in [-0.25, -0.2) is 9.97 Å². The minimum atomic E-state index is 0.829. The van der Waals surface area contributed by atoms with Gasteiger partial charge in [0.15, 0.2) is 0 Å². The van der Waals surface area contributed by atoms with E-state index in [-0.39, 0.29) is 0 Å². The first-order valence-corrected chi connectivity index (χ1v) is 6.75. The summed E-state index contributed by atoms with van der Waals surface area (Å²) in [5.41, 5.74) is 4.84. The molecule has 0 amide bonds. The topological polar surface area (TPSA) is 47.4 Å². The third-order valence-corrected chi connectivity index (χ3v) is 3.02. The summed E-state index contributed by atoms with van der Waals surface area (Å²) in [7, 11) is 1.66. The lowest BCUT2D eigenvalue weighted by Gasteiger charge is -2.10. The molecule has 1 aromatic carbocycles. The second-order valence-electron chi connectivity index (χ2n) is 4.86. The van der Waals surface area contributed by atoms with Crippen molar-refractivity contribution in [2.75, 3.05) is 7.11 Å². The molecular formula is C17H19N3O. The van der Waals surface area contributed by atoms with Crippen LogP contribution in [-0.2, 0) is 0 Å². The van der Waals surface area contributed by atoms with Crippen molar-refractivity contribution in [2.45, 2.75) is 20.8 Å². The van der Waals surface area contributed by atoms with E-state index in [4.69, 9.17) is 4.74 Å². The number of allylic oxidation sites excluding steroid dienone is 1. The van der Waals surface area contributed by atoms with Crippen molar-refractivity contribution in [1.82, 2.24) is 9.97 Å². The van der Waals surface area contributed by atoms with Crippen molar-refractivity contribution in [3.8, 4) is 5.75 Å². The average molecular weight is 281 g/mol. The molecule has 21 heavy (non-hydrogen) atoms. The van der Waals surface area contributed by atoms with Crippen molar-refractivity contribution < 1.29 is 4.74 Å². The van der Waals surface area contributed by atoms with Crippen molar-refractivity contribution >= 4 is 17.0 Å². The number of nitrogens with zero attached hydrogens (tertiary/aromatic N) is 3. The van der Waals surface area contributed by atoms with Crippen molar-refractivity contribution in [2.24, 2.45) is 4.99 Å². The molecule has 0 aliphatic heterocycles. The lowest BCUT2D eigenvalue weighted by molar-refractivity contribution is 0.415. The molecule has 4 nitrogen and oxygen atoms in total.